The van der Waals surface area contributed by atoms with E-state index in [1.165, 1.54) is 33.1 Å². The van der Waals surface area contributed by atoms with Crippen LogP contribution in [0, 0.1) is 23.5 Å². The molecule has 0 aliphatic carbocycles. The molecule has 2 unspecified atom stereocenters. The number of ether oxygens (including phenoxy) is 6. The van der Waals surface area contributed by atoms with Gasteiger partial charge < -0.3 is 74.6 Å². The van der Waals surface area contributed by atoms with Gasteiger partial charge in [-0.1, -0.05) is 88.0 Å². The van der Waals surface area contributed by atoms with Gasteiger partial charge in [-0.05, 0) is 95.9 Å². The Morgan fingerprint density at radius 2 is 1.71 bits per heavy atom. The third-order valence-corrected chi connectivity index (χ3v) is 18.6. The van der Waals surface area contributed by atoms with Gasteiger partial charge in [-0.3, -0.25) is 29.8 Å². The van der Waals surface area contributed by atoms with E-state index in [2.05, 4.69) is 58.4 Å². The fourth-order valence-corrected chi connectivity index (χ4v) is 12.5. The van der Waals surface area contributed by atoms with Crippen LogP contribution < -0.4 is 42.0 Å². The molecular formula is C61H83Br2ClF2N8O16. The number of primary amides is 1. The number of aldehydes is 2. The van der Waals surface area contributed by atoms with Gasteiger partial charge in [0.05, 0.1) is 54.8 Å². The summed E-state index contributed by atoms with van der Waals surface area (Å²) in [6.45, 7) is 11.5. The highest BCUT2D eigenvalue weighted by atomic mass is 79.9. The number of allylic oxidation sites excluding steroid dienone is 3. The van der Waals surface area contributed by atoms with Gasteiger partial charge in [0, 0.05) is 56.8 Å². The number of alkyl carbamates (subject to hydrolysis) is 1. The number of carbonyl (C=O) groups is 9. The van der Waals surface area contributed by atoms with Gasteiger partial charge in [0.25, 0.3) is 5.91 Å². The maximum Gasteiger partial charge on any atom is 0.409 e. The number of nitrogens with two attached hydrogens (primary N) is 1. The van der Waals surface area contributed by atoms with E-state index in [0.717, 1.165) is 17.5 Å². The zero-order valence-corrected chi connectivity index (χ0v) is 56.2. The molecule has 2 saturated heterocycles. The minimum atomic E-state index is -1.97. The first-order valence-electron chi connectivity index (χ1n) is 29.3. The number of esters is 1. The molecule has 0 saturated carbocycles. The van der Waals surface area contributed by atoms with E-state index in [1.807, 2.05) is 6.92 Å². The van der Waals surface area contributed by atoms with Crippen LogP contribution in [0.15, 0.2) is 48.1 Å². The van der Waals surface area contributed by atoms with Crippen LogP contribution in [0.3, 0.4) is 0 Å². The number of anilines is 2. The third-order valence-electron chi connectivity index (χ3n) is 16.3. The molecule has 2 aromatic rings. The number of methoxy groups -OCH3 is 2. The molecule has 0 radical (unpaired) electrons. The molecular weight excluding hydrogens is 1330 g/mol. The van der Waals surface area contributed by atoms with Crippen molar-refractivity contribution in [1.29, 1.82) is 0 Å². The van der Waals surface area contributed by atoms with E-state index in [-0.39, 0.29) is 65.5 Å². The first-order chi connectivity index (χ1) is 42.3. The van der Waals surface area contributed by atoms with Crippen LogP contribution in [0.5, 0.6) is 5.75 Å². The smallest absolute Gasteiger partial charge is 0.409 e. The van der Waals surface area contributed by atoms with Crippen LogP contribution in [-0.4, -0.2) is 181 Å². The average Bonchev–Trinajstić information content (AvgIpc) is 1.57. The fourth-order valence-electron chi connectivity index (χ4n) is 10.7. The first kappa shape index (κ1) is 74.6. The van der Waals surface area contributed by atoms with Crippen molar-refractivity contribution in [2.24, 2.45) is 17.6 Å². The lowest BCUT2D eigenvalue weighted by atomic mass is 9.83. The predicted molar refractivity (Wildman–Crippen MR) is 336 cm³/mol. The van der Waals surface area contributed by atoms with E-state index in [4.69, 9.17) is 45.8 Å². The molecule has 4 bridgehead atoms. The number of aliphatic hydroxyl groups is 1. The molecule has 498 valence electrons. The van der Waals surface area contributed by atoms with E-state index in [9.17, 15) is 48.3 Å². The number of amides is 7. The van der Waals surface area contributed by atoms with E-state index < -0.39 is 148 Å². The van der Waals surface area contributed by atoms with Crippen molar-refractivity contribution in [2.75, 3.05) is 55.7 Å². The number of nitrogens with zero attached hydrogens (tertiary/aromatic N) is 2. The molecule has 2 aromatic carbocycles. The molecule has 3 aliphatic heterocycles. The van der Waals surface area contributed by atoms with Gasteiger partial charge in [0.15, 0.2) is 12.0 Å². The van der Waals surface area contributed by atoms with Gasteiger partial charge in [-0.25, -0.2) is 23.2 Å². The van der Waals surface area contributed by atoms with Gasteiger partial charge in [-0.15, -0.1) is 0 Å². The monoisotopic (exact) mass is 1410 g/mol. The van der Waals surface area contributed by atoms with Crippen LogP contribution in [0.2, 0.25) is 5.02 Å². The minimum absolute atomic E-state index is 0.0343. The number of carbonyl (C=O) groups excluding carboxylic acids is 9. The minimum Gasteiger partial charge on any atom is -0.495 e. The number of halogens is 5. The largest absolute Gasteiger partial charge is 0.495 e. The highest BCUT2D eigenvalue weighted by molar-refractivity contribution is 9.10. The molecule has 90 heavy (non-hydrogen) atoms. The SMILES string of the molecule is COc1cc2cc(c1Cl)N(C)C(=O)C[C@H](OC(=O)[C@H](C)N(C)C(=O)c1cc(F)c(NC(=O)[C@H](CCCNC(N)=O)NC(=O)[C@@H](NC(C=O)CCCC(C)OC(C=O)(CBr)CBr)C(C)C)cc1F)[C@]1(C)O[C@H]1[C@H](C)[C@@H]1C[C@@](O)(NC(=O)O1)[C@H](OC)/C=C/C=C(\C)C2. The number of likely N-dealkylation sites (N-methyl/N-ethyl adjacent to an activating group) is 1. The van der Waals surface area contributed by atoms with E-state index in [0.29, 0.717) is 49.5 Å². The molecule has 0 spiro atoms. The van der Waals surface area contributed by atoms with Crippen molar-refractivity contribution in [1.82, 2.24) is 26.2 Å². The summed E-state index contributed by atoms with van der Waals surface area (Å²) in [6.07, 6.45) is 1.43. The number of alkyl halides is 2. The molecule has 0 aromatic heterocycles. The predicted octanol–water partition coefficient (Wildman–Crippen LogP) is 6.46. The molecule has 3 heterocycles. The Labute approximate surface area is 544 Å². The van der Waals surface area contributed by atoms with Crippen LogP contribution in [0.25, 0.3) is 0 Å². The number of epoxide rings is 1. The van der Waals surface area contributed by atoms with Gasteiger partial charge in [0.2, 0.25) is 17.7 Å². The molecule has 3 aliphatic rings. The van der Waals surface area contributed by atoms with Crippen LogP contribution in [0.4, 0.5) is 29.7 Å². The summed E-state index contributed by atoms with van der Waals surface area (Å²) in [6, 6.07) is -1.26. The zero-order valence-electron chi connectivity index (χ0n) is 52.3. The summed E-state index contributed by atoms with van der Waals surface area (Å²) in [7, 11) is 5.38. The lowest BCUT2D eigenvalue weighted by Gasteiger charge is -2.42. The van der Waals surface area contributed by atoms with Gasteiger partial charge >= 0.3 is 18.1 Å². The standard InChI is InChI=1S/C61H83Br2ClF2N8O16/c1-32(2)51(69-38(28-75)17-13-16-34(4)89-60(29-62,30-63)31-76)54(79)70-42(18-14-20-68-57(67)82)53(78)71-43-25-40(65)39(24-41(43)66)55(80)73(8)36(6)56(81)88-48-26-49(77)74(9)44-22-37(23-45(85-10)50(44)64)21-33(3)15-12-19-47(86-11)61(84)27-46(87-58(83)72-61)35(5)52-59(48,7)90-52/h12,15,19,22-25,28,31-32,34-36,38,42,46-48,51-52,69,84H,13-14,16-18,20-21,26-27,29-30H2,1-11H3,(H,70,79)(H,71,78)(H,72,83)(H3,67,68,82)/b19-12+,33-15+/t34?,35-,36+,38?,42+,46+,47-,48+,51+,52+,59+,61+/m1/s1. The van der Waals surface area contributed by atoms with Gasteiger partial charge in [-0.2, -0.15) is 0 Å². The summed E-state index contributed by atoms with van der Waals surface area (Å²) in [4.78, 5) is 122. The van der Waals surface area contributed by atoms with Crippen molar-refractivity contribution in [3.8, 4) is 5.75 Å². The van der Waals surface area contributed by atoms with Crippen molar-refractivity contribution in [3.63, 3.8) is 0 Å². The molecule has 8 N–H and O–H groups in total. The van der Waals surface area contributed by atoms with Gasteiger partial charge in [0.1, 0.15) is 70.3 Å². The third kappa shape index (κ3) is 19.0. The maximum atomic E-state index is 16.2. The molecule has 7 amide bonds. The average molecular weight is 1420 g/mol. The molecule has 2 fully saturated rings. The van der Waals surface area contributed by atoms with Crippen LogP contribution in [0.1, 0.15) is 109 Å². The fraction of sp³-hybridized carbons (Fsp3) is 0.590. The summed E-state index contributed by atoms with van der Waals surface area (Å²) in [5.41, 5.74) is 0.879. The Bertz CT molecular complexity index is 3020. The highest BCUT2D eigenvalue weighted by Gasteiger charge is 2.64. The number of hydrogen-bond acceptors (Lipinski definition) is 17. The molecule has 24 nitrogen and oxygen atoms in total. The lowest BCUT2D eigenvalue weighted by Crippen LogP contribution is -2.63. The highest BCUT2D eigenvalue weighted by Crippen LogP contribution is 2.49. The number of benzene rings is 2. The second kappa shape index (κ2) is 32.9. The van der Waals surface area contributed by atoms with Crippen molar-refractivity contribution < 1.29 is 85.5 Å². The van der Waals surface area contributed by atoms with Crippen molar-refractivity contribution >= 4 is 109 Å². The first-order valence-corrected chi connectivity index (χ1v) is 31.9. The summed E-state index contributed by atoms with van der Waals surface area (Å²) < 4.78 is 67.6. The van der Waals surface area contributed by atoms with Crippen LogP contribution in [-0.2, 0) is 58.9 Å². The summed E-state index contributed by atoms with van der Waals surface area (Å²) in [5, 5.41) is 25.3. The summed E-state index contributed by atoms with van der Waals surface area (Å²) >= 11 is 13.4. The Morgan fingerprint density at radius 3 is 2.32 bits per heavy atom. The molecule has 5 rings (SSSR count). The van der Waals surface area contributed by atoms with E-state index in [1.54, 1.807) is 65.0 Å². The summed E-state index contributed by atoms with van der Waals surface area (Å²) in [5.74, 6) is -8.19. The zero-order chi connectivity index (χ0) is 67.2. The number of urea groups is 1. The maximum absolute atomic E-state index is 16.2. The number of fused-ring (bicyclic) bond motifs is 5. The normalized spacial score (nSPS) is 24.6. The van der Waals surface area contributed by atoms with Crippen molar-refractivity contribution in [3.05, 3.63) is 75.9 Å². The van der Waals surface area contributed by atoms with Crippen molar-refractivity contribution in [2.45, 2.75) is 171 Å². The Hall–Kier alpha value is -6.14. The number of nitrogens with one attached hydrogen (secondary N) is 5. The topological polar surface area (TPSA) is 325 Å². The second-order valence-electron chi connectivity index (χ2n) is 23.6. The second-order valence-corrected chi connectivity index (χ2v) is 25.1. The Kier molecular flexibility index (Phi) is 27.3. The quantitative estimate of drug-likeness (QED) is 0.0166. The van der Waals surface area contributed by atoms with E-state index >= 15 is 8.78 Å². The van der Waals surface area contributed by atoms with Crippen LogP contribution >= 0.6 is 43.5 Å². The number of hydrogen-bond donors (Lipinski definition) is 7. The Balaban J connectivity index is 1.36. The lowest BCUT2D eigenvalue weighted by molar-refractivity contribution is -0.158. The Morgan fingerprint density at radius 1 is 1.02 bits per heavy atom. The molecule has 29 heteroatoms. The number of rotatable bonds is 27. The molecule has 12 atom stereocenters.